The minimum absolute atomic E-state index is 0.0397. The molecule has 0 atom stereocenters. The minimum atomic E-state index is -1.01. The average Bonchev–Trinajstić information content (AvgIpc) is 2.18. The fourth-order valence-corrected chi connectivity index (χ4v) is 1.30. The zero-order chi connectivity index (χ0) is 11.3. The van der Waals surface area contributed by atoms with Gasteiger partial charge in [-0.1, -0.05) is 6.07 Å². The number of ether oxygens (including phenoxy) is 1. The molecule has 0 aliphatic carbocycles. The molecule has 0 amide bonds. The van der Waals surface area contributed by atoms with E-state index < -0.39 is 5.97 Å². The number of hydrogen-bond acceptors (Lipinski definition) is 3. The van der Waals surface area contributed by atoms with Crippen LogP contribution >= 0.6 is 0 Å². The Morgan fingerprint density at radius 2 is 2.20 bits per heavy atom. The van der Waals surface area contributed by atoms with E-state index in [9.17, 15) is 4.79 Å². The summed E-state index contributed by atoms with van der Waals surface area (Å²) >= 11 is 0. The van der Waals surface area contributed by atoms with Crippen molar-refractivity contribution in [1.29, 1.82) is 0 Å². The van der Waals surface area contributed by atoms with Crippen molar-refractivity contribution in [2.24, 2.45) is 0 Å². The summed E-state index contributed by atoms with van der Waals surface area (Å²) in [6.45, 7) is 2.26. The Hall–Kier alpha value is -1.55. The number of rotatable bonds is 5. The molecule has 0 saturated heterocycles. The molecular weight excluding hydrogens is 196 g/mol. The maximum atomic E-state index is 10.8. The molecule has 0 aliphatic heterocycles. The first-order chi connectivity index (χ1) is 7.19. The molecule has 0 heterocycles. The number of carbonyl (C=O) groups is 1. The smallest absolute Gasteiger partial charge is 0.339 e. The van der Waals surface area contributed by atoms with Gasteiger partial charge < -0.3 is 14.9 Å². The molecule has 1 aromatic rings. The highest BCUT2D eigenvalue weighted by atomic mass is 16.5. The zero-order valence-corrected chi connectivity index (χ0v) is 8.56. The van der Waals surface area contributed by atoms with Crippen LogP contribution in [0.3, 0.4) is 0 Å². The van der Waals surface area contributed by atoms with Crippen LogP contribution in [0.2, 0.25) is 0 Å². The molecule has 0 fully saturated rings. The van der Waals surface area contributed by atoms with E-state index in [1.165, 1.54) is 6.07 Å². The first-order valence-corrected chi connectivity index (χ1v) is 4.79. The van der Waals surface area contributed by atoms with E-state index in [0.29, 0.717) is 18.8 Å². The quantitative estimate of drug-likeness (QED) is 0.769. The van der Waals surface area contributed by atoms with Gasteiger partial charge in [0.25, 0.3) is 0 Å². The Morgan fingerprint density at radius 1 is 1.47 bits per heavy atom. The fourth-order valence-electron chi connectivity index (χ4n) is 1.30. The largest absolute Gasteiger partial charge is 0.493 e. The van der Waals surface area contributed by atoms with Crippen molar-refractivity contribution in [3.63, 3.8) is 0 Å². The molecule has 0 saturated carbocycles. The number of aliphatic hydroxyl groups excluding tert-OH is 1. The summed E-state index contributed by atoms with van der Waals surface area (Å²) in [6.07, 6.45) is 0.500. The number of carboxylic acids is 1. The molecule has 0 spiro atoms. The van der Waals surface area contributed by atoms with Crippen LogP contribution in [-0.4, -0.2) is 29.4 Å². The van der Waals surface area contributed by atoms with Gasteiger partial charge in [-0.3, -0.25) is 0 Å². The monoisotopic (exact) mass is 210 g/mol. The normalized spacial score (nSPS) is 10.0. The number of benzene rings is 1. The number of aromatic carboxylic acids is 1. The van der Waals surface area contributed by atoms with E-state index in [-0.39, 0.29) is 12.2 Å². The van der Waals surface area contributed by atoms with E-state index in [1.54, 1.807) is 19.1 Å². The Kier molecular flexibility index (Phi) is 4.12. The summed E-state index contributed by atoms with van der Waals surface area (Å²) in [4.78, 5) is 10.8. The van der Waals surface area contributed by atoms with E-state index in [1.807, 2.05) is 0 Å². The van der Waals surface area contributed by atoms with E-state index in [4.69, 9.17) is 14.9 Å². The van der Waals surface area contributed by atoms with Crippen molar-refractivity contribution in [2.75, 3.05) is 13.2 Å². The Bertz CT molecular complexity index is 346. The number of hydrogen-bond donors (Lipinski definition) is 2. The van der Waals surface area contributed by atoms with Crippen LogP contribution in [0.1, 0.15) is 22.8 Å². The average molecular weight is 210 g/mol. The second kappa shape index (κ2) is 5.36. The van der Waals surface area contributed by atoms with Gasteiger partial charge in [0.1, 0.15) is 11.3 Å². The lowest BCUT2D eigenvalue weighted by molar-refractivity contribution is 0.0692. The minimum Gasteiger partial charge on any atom is -0.493 e. The van der Waals surface area contributed by atoms with Gasteiger partial charge in [-0.05, 0) is 31.0 Å². The molecule has 0 bridgehead atoms. The summed E-state index contributed by atoms with van der Waals surface area (Å²) in [5.41, 5.74) is 1.02. The molecule has 0 unspecified atom stereocenters. The molecule has 1 aromatic carbocycles. The second-order valence-electron chi connectivity index (χ2n) is 3.04. The molecule has 0 radical (unpaired) electrons. The summed E-state index contributed by atoms with van der Waals surface area (Å²) in [6, 6.07) is 4.84. The summed E-state index contributed by atoms with van der Waals surface area (Å²) < 4.78 is 5.22. The molecule has 1 rings (SSSR count). The van der Waals surface area contributed by atoms with Crippen molar-refractivity contribution in [2.45, 2.75) is 13.3 Å². The second-order valence-corrected chi connectivity index (χ2v) is 3.04. The number of aliphatic hydroxyl groups is 1. The van der Waals surface area contributed by atoms with Crippen molar-refractivity contribution in [3.8, 4) is 5.75 Å². The lowest BCUT2D eigenvalue weighted by Crippen LogP contribution is -2.04. The van der Waals surface area contributed by atoms with Crippen LogP contribution in [0, 0.1) is 0 Å². The van der Waals surface area contributed by atoms with Crippen LogP contribution in [0.15, 0.2) is 18.2 Å². The van der Waals surface area contributed by atoms with Gasteiger partial charge in [-0.15, -0.1) is 0 Å². The molecule has 4 nitrogen and oxygen atoms in total. The highest BCUT2D eigenvalue weighted by molar-refractivity contribution is 5.90. The van der Waals surface area contributed by atoms with Gasteiger partial charge in [-0.2, -0.15) is 0 Å². The summed E-state index contributed by atoms with van der Waals surface area (Å²) in [5.74, 6) is -0.648. The van der Waals surface area contributed by atoms with Crippen LogP contribution < -0.4 is 4.74 Å². The third-order valence-electron chi connectivity index (χ3n) is 1.98. The predicted molar refractivity (Wildman–Crippen MR) is 55.4 cm³/mol. The van der Waals surface area contributed by atoms with Crippen LogP contribution in [0.4, 0.5) is 0 Å². The predicted octanol–water partition coefficient (Wildman–Crippen LogP) is 1.32. The summed E-state index contributed by atoms with van der Waals surface area (Å²) in [7, 11) is 0. The first-order valence-electron chi connectivity index (χ1n) is 4.79. The summed E-state index contributed by atoms with van der Waals surface area (Å²) in [5, 5.41) is 17.6. The van der Waals surface area contributed by atoms with Crippen molar-refractivity contribution >= 4 is 5.97 Å². The van der Waals surface area contributed by atoms with Gasteiger partial charge in [0, 0.05) is 6.61 Å². The van der Waals surface area contributed by atoms with Gasteiger partial charge in [-0.25, -0.2) is 4.79 Å². The highest BCUT2D eigenvalue weighted by Crippen LogP contribution is 2.20. The van der Waals surface area contributed by atoms with Gasteiger partial charge in [0.05, 0.1) is 6.61 Å². The lowest BCUT2D eigenvalue weighted by atomic mass is 10.1. The van der Waals surface area contributed by atoms with Crippen molar-refractivity contribution in [3.05, 3.63) is 29.3 Å². The fraction of sp³-hybridized carbons (Fsp3) is 0.364. The Balaban J connectivity index is 3.03. The van der Waals surface area contributed by atoms with Gasteiger partial charge in [0.2, 0.25) is 0 Å². The topological polar surface area (TPSA) is 66.8 Å². The van der Waals surface area contributed by atoms with Crippen LogP contribution in [-0.2, 0) is 6.42 Å². The van der Waals surface area contributed by atoms with E-state index in [2.05, 4.69) is 0 Å². The Morgan fingerprint density at radius 3 is 2.73 bits per heavy atom. The van der Waals surface area contributed by atoms with Crippen molar-refractivity contribution in [1.82, 2.24) is 0 Å². The molecule has 0 aromatic heterocycles. The first kappa shape index (κ1) is 11.5. The van der Waals surface area contributed by atoms with Gasteiger partial charge in [0.15, 0.2) is 0 Å². The molecular formula is C11H14O4. The number of carboxylic acid groups (broad SMARTS) is 1. The van der Waals surface area contributed by atoms with Crippen LogP contribution in [0.5, 0.6) is 5.75 Å². The van der Waals surface area contributed by atoms with E-state index >= 15 is 0 Å². The molecule has 82 valence electrons. The van der Waals surface area contributed by atoms with Crippen molar-refractivity contribution < 1.29 is 19.7 Å². The third-order valence-corrected chi connectivity index (χ3v) is 1.98. The third kappa shape index (κ3) is 2.95. The molecule has 2 N–H and O–H groups in total. The standard InChI is InChI=1S/C11H14O4/c1-2-15-10-7-8(5-6-12)3-4-9(10)11(13)14/h3-4,7,12H,2,5-6H2,1H3,(H,13,14). The van der Waals surface area contributed by atoms with Crippen LogP contribution in [0.25, 0.3) is 0 Å². The SMILES string of the molecule is CCOc1cc(CCO)ccc1C(=O)O. The molecule has 4 heteroatoms. The van der Waals surface area contributed by atoms with Gasteiger partial charge >= 0.3 is 5.97 Å². The molecule has 0 aliphatic rings. The maximum absolute atomic E-state index is 10.8. The Labute approximate surface area is 88.1 Å². The highest BCUT2D eigenvalue weighted by Gasteiger charge is 2.11. The zero-order valence-electron chi connectivity index (χ0n) is 8.56. The lowest BCUT2D eigenvalue weighted by Gasteiger charge is -2.08. The van der Waals surface area contributed by atoms with E-state index in [0.717, 1.165) is 5.56 Å². The molecule has 15 heavy (non-hydrogen) atoms. The maximum Gasteiger partial charge on any atom is 0.339 e.